The number of carboxylic acids is 1. The van der Waals surface area contributed by atoms with Crippen LogP contribution in [-0.2, 0) is 12.4 Å². The van der Waals surface area contributed by atoms with Crippen LogP contribution in [0.5, 0.6) is 5.75 Å². The summed E-state index contributed by atoms with van der Waals surface area (Å²) in [6.07, 6.45) is -10.0. The Morgan fingerprint density at radius 1 is 0.792 bits per heavy atom. The first-order valence-electron chi connectivity index (χ1n) is 6.26. The number of carboxylic acid groups (broad SMARTS) is 1. The SMILES string of the molecule is O=C(O)c1cc(-c2cc(C(F)(F)F)cc(C(F)(F)F)c2)ccc1O. The Labute approximate surface area is 130 Å². The number of carbonyl (C=O) groups is 1. The predicted molar refractivity (Wildman–Crippen MR) is 70.5 cm³/mol. The first-order valence-corrected chi connectivity index (χ1v) is 6.26. The van der Waals surface area contributed by atoms with Crippen molar-refractivity contribution >= 4 is 5.97 Å². The minimum atomic E-state index is -5.01. The van der Waals surface area contributed by atoms with E-state index in [1.165, 1.54) is 0 Å². The number of alkyl halides is 6. The zero-order chi connectivity index (χ0) is 18.3. The van der Waals surface area contributed by atoms with Gasteiger partial charge in [-0.25, -0.2) is 4.79 Å². The van der Waals surface area contributed by atoms with E-state index in [1.807, 2.05) is 0 Å². The molecule has 9 heteroatoms. The highest BCUT2D eigenvalue weighted by Crippen LogP contribution is 2.39. The van der Waals surface area contributed by atoms with Crippen LogP contribution in [0.25, 0.3) is 11.1 Å². The van der Waals surface area contributed by atoms with E-state index in [2.05, 4.69) is 0 Å². The second-order valence-corrected chi connectivity index (χ2v) is 4.83. The minimum absolute atomic E-state index is 0.0258. The molecule has 0 aromatic heterocycles. The van der Waals surface area contributed by atoms with Crippen LogP contribution in [0, 0.1) is 0 Å². The molecule has 24 heavy (non-hydrogen) atoms. The van der Waals surface area contributed by atoms with Crippen molar-refractivity contribution in [1.82, 2.24) is 0 Å². The first-order chi connectivity index (χ1) is 10.9. The molecule has 0 unspecified atom stereocenters. The summed E-state index contributed by atoms with van der Waals surface area (Å²) >= 11 is 0. The molecule has 0 saturated heterocycles. The van der Waals surface area contributed by atoms with Gasteiger partial charge in [0, 0.05) is 0 Å². The molecule has 2 aromatic carbocycles. The molecule has 3 nitrogen and oxygen atoms in total. The second kappa shape index (κ2) is 5.73. The van der Waals surface area contributed by atoms with Crippen LogP contribution >= 0.6 is 0 Å². The van der Waals surface area contributed by atoms with Gasteiger partial charge in [-0.2, -0.15) is 26.3 Å². The van der Waals surface area contributed by atoms with Crippen LogP contribution in [-0.4, -0.2) is 16.2 Å². The fraction of sp³-hybridized carbons (Fsp3) is 0.133. The van der Waals surface area contributed by atoms with Crippen molar-refractivity contribution in [3.8, 4) is 16.9 Å². The normalized spacial score (nSPS) is 12.2. The van der Waals surface area contributed by atoms with E-state index in [-0.39, 0.29) is 11.6 Å². The number of phenols is 1. The van der Waals surface area contributed by atoms with Crippen molar-refractivity contribution in [3.63, 3.8) is 0 Å². The van der Waals surface area contributed by atoms with Gasteiger partial charge in [0.05, 0.1) is 11.1 Å². The molecule has 0 atom stereocenters. The third kappa shape index (κ3) is 3.61. The predicted octanol–water partition coefficient (Wildman–Crippen LogP) is 4.80. The molecule has 0 aliphatic heterocycles. The monoisotopic (exact) mass is 350 g/mol. The number of aromatic hydroxyl groups is 1. The Hall–Kier alpha value is -2.71. The number of halogens is 6. The van der Waals surface area contributed by atoms with Gasteiger partial charge in [0.15, 0.2) is 0 Å². The van der Waals surface area contributed by atoms with Gasteiger partial charge in [0.1, 0.15) is 11.3 Å². The molecule has 0 spiro atoms. The lowest BCUT2D eigenvalue weighted by molar-refractivity contribution is -0.143. The van der Waals surface area contributed by atoms with Crippen molar-refractivity contribution < 1.29 is 41.4 Å². The zero-order valence-corrected chi connectivity index (χ0v) is 11.5. The maximum atomic E-state index is 12.8. The summed E-state index contributed by atoms with van der Waals surface area (Å²) in [5.41, 5.74) is -4.35. The molecule has 0 aliphatic rings. The average Bonchev–Trinajstić information content (AvgIpc) is 2.45. The molecule has 0 fully saturated rings. The van der Waals surface area contributed by atoms with Crippen LogP contribution in [0.15, 0.2) is 36.4 Å². The molecule has 0 heterocycles. The van der Waals surface area contributed by atoms with Gasteiger partial charge in [0.2, 0.25) is 0 Å². The van der Waals surface area contributed by atoms with Gasteiger partial charge >= 0.3 is 18.3 Å². The molecule has 2 N–H and O–H groups in total. The van der Waals surface area contributed by atoms with Gasteiger partial charge in [-0.15, -0.1) is 0 Å². The van der Waals surface area contributed by atoms with E-state index in [4.69, 9.17) is 5.11 Å². The van der Waals surface area contributed by atoms with Crippen LogP contribution in [0.3, 0.4) is 0 Å². The number of aromatic carboxylic acids is 1. The Balaban J connectivity index is 2.70. The van der Waals surface area contributed by atoms with Crippen molar-refractivity contribution in [3.05, 3.63) is 53.1 Å². The highest BCUT2D eigenvalue weighted by Gasteiger charge is 2.37. The lowest BCUT2D eigenvalue weighted by atomic mass is 9.97. The lowest BCUT2D eigenvalue weighted by Crippen LogP contribution is -2.11. The fourth-order valence-corrected chi connectivity index (χ4v) is 2.01. The van der Waals surface area contributed by atoms with E-state index in [0.29, 0.717) is 12.1 Å². The van der Waals surface area contributed by atoms with E-state index in [0.717, 1.165) is 18.2 Å². The largest absolute Gasteiger partial charge is 0.507 e. The van der Waals surface area contributed by atoms with Gasteiger partial charge in [-0.1, -0.05) is 6.07 Å². The molecule has 0 saturated carbocycles. The molecule has 0 amide bonds. The highest BCUT2D eigenvalue weighted by atomic mass is 19.4. The summed E-state index contributed by atoms with van der Waals surface area (Å²) < 4.78 is 76.9. The van der Waals surface area contributed by atoms with Crippen molar-refractivity contribution in [2.24, 2.45) is 0 Å². The summed E-state index contributed by atoms with van der Waals surface area (Å²) in [7, 11) is 0. The second-order valence-electron chi connectivity index (χ2n) is 4.83. The molecule has 0 radical (unpaired) electrons. The summed E-state index contributed by atoms with van der Waals surface area (Å²) in [5.74, 6) is -2.23. The maximum Gasteiger partial charge on any atom is 0.416 e. The summed E-state index contributed by atoms with van der Waals surface area (Å²) in [6, 6.07) is 3.64. The third-order valence-electron chi connectivity index (χ3n) is 3.15. The quantitative estimate of drug-likeness (QED) is 0.766. The van der Waals surface area contributed by atoms with E-state index in [1.54, 1.807) is 0 Å². The number of hydrogen-bond donors (Lipinski definition) is 2. The van der Waals surface area contributed by atoms with Crippen molar-refractivity contribution in [2.45, 2.75) is 12.4 Å². The topological polar surface area (TPSA) is 57.5 Å². The van der Waals surface area contributed by atoms with Gasteiger partial charge in [-0.3, -0.25) is 0 Å². The number of rotatable bonds is 2. The zero-order valence-electron chi connectivity index (χ0n) is 11.5. The Kier molecular flexibility index (Phi) is 4.21. The van der Waals surface area contributed by atoms with E-state index >= 15 is 0 Å². The molecule has 2 rings (SSSR count). The van der Waals surface area contributed by atoms with E-state index < -0.39 is 46.3 Å². The summed E-state index contributed by atoms with van der Waals surface area (Å²) in [6.45, 7) is 0. The lowest BCUT2D eigenvalue weighted by Gasteiger charge is -2.14. The smallest absolute Gasteiger partial charge is 0.416 e. The Morgan fingerprint density at radius 2 is 1.29 bits per heavy atom. The van der Waals surface area contributed by atoms with Gasteiger partial charge in [-0.05, 0) is 41.5 Å². The third-order valence-corrected chi connectivity index (χ3v) is 3.15. The highest BCUT2D eigenvalue weighted by molar-refractivity contribution is 5.92. The van der Waals surface area contributed by atoms with Crippen LogP contribution in [0.2, 0.25) is 0 Å². The molecule has 0 aliphatic carbocycles. The standard InChI is InChI=1S/C15H8F6O3/c16-14(17,18)9-3-8(4-10(6-9)15(19,20)21)7-1-2-12(22)11(5-7)13(23)24/h1-6,22H,(H,23,24). The fourth-order valence-electron chi connectivity index (χ4n) is 2.01. The van der Waals surface area contributed by atoms with Crippen LogP contribution in [0.1, 0.15) is 21.5 Å². The van der Waals surface area contributed by atoms with Crippen molar-refractivity contribution in [1.29, 1.82) is 0 Å². The van der Waals surface area contributed by atoms with Crippen LogP contribution in [0.4, 0.5) is 26.3 Å². The molecule has 128 valence electrons. The Bertz CT molecular complexity index is 761. The molecular weight excluding hydrogens is 342 g/mol. The maximum absolute atomic E-state index is 12.8. The number of hydrogen-bond acceptors (Lipinski definition) is 2. The average molecular weight is 350 g/mol. The molecular formula is C15H8F6O3. The van der Waals surface area contributed by atoms with Crippen molar-refractivity contribution in [2.75, 3.05) is 0 Å². The summed E-state index contributed by atoms with van der Waals surface area (Å²) in [4.78, 5) is 10.9. The minimum Gasteiger partial charge on any atom is -0.507 e. The molecule has 2 aromatic rings. The Morgan fingerprint density at radius 3 is 1.71 bits per heavy atom. The first kappa shape index (κ1) is 17.6. The number of benzene rings is 2. The van der Waals surface area contributed by atoms with Crippen LogP contribution < -0.4 is 0 Å². The molecule has 0 bridgehead atoms. The van der Waals surface area contributed by atoms with E-state index in [9.17, 15) is 36.2 Å². The van der Waals surface area contributed by atoms with Gasteiger partial charge in [0.25, 0.3) is 0 Å². The van der Waals surface area contributed by atoms with Gasteiger partial charge < -0.3 is 10.2 Å². The summed E-state index contributed by atoms with van der Waals surface area (Å²) in [5, 5.41) is 18.3.